The SMILES string of the molecule is CC(C)C[C@H]1CCC[C@H](COC(=O)C(C)(C)C)O1. The first-order valence-electron chi connectivity index (χ1n) is 7.11. The highest BCUT2D eigenvalue weighted by molar-refractivity contribution is 5.75. The quantitative estimate of drug-likeness (QED) is 0.721. The number of carbonyl (C=O) groups excluding carboxylic acids is 1. The van der Waals surface area contributed by atoms with E-state index in [-0.39, 0.29) is 12.1 Å². The second-order valence-corrected chi connectivity index (χ2v) is 6.79. The summed E-state index contributed by atoms with van der Waals surface area (Å²) >= 11 is 0. The molecular formula is C15H28O3. The molecule has 0 radical (unpaired) electrons. The Kier molecular flexibility index (Phi) is 5.64. The molecule has 1 heterocycles. The molecule has 106 valence electrons. The smallest absolute Gasteiger partial charge is 0.311 e. The van der Waals surface area contributed by atoms with E-state index in [0.29, 0.717) is 18.6 Å². The Balaban J connectivity index is 2.32. The van der Waals surface area contributed by atoms with Crippen LogP contribution in [-0.2, 0) is 14.3 Å². The first-order chi connectivity index (χ1) is 8.29. The van der Waals surface area contributed by atoms with Gasteiger partial charge >= 0.3 is 5.97 Å². The van der Waals surface area contributed by atoms with E-state index in [0.717, 1.165) is 19.3 Å². The van der Waals surface area contributed by atoms with Crippen molar-refractivity contribution < 1.29 is 14.3 Å². The van der Waals surface area contributed by atoms with Crippen molar-refractivity contribution in [1.82, 2.24) is 0 Å². The highest BCUT2D eigenvalue weighted by Crippen LogP contribution is 2.24. The largest absolute Gasteiger partial charge is 0.463 e. The lowest BCUT2D eigenvalue weighted by atomic mass is 9.96. The third-order valence-electron chi connectivity index (χ3n) is 3.18. The van der Waals surface area contributed by atoms with Gasteiger partial charge in [0.1, 0.15) is 6.61 Å². The molecule has 0 aliphatic carbocycles. The van der Waals surface area contributed by atoms with Crippen LogP contribution in [0.1, 0.15) is 60.3 Å². The van der Waals surface area contributed by atoms with Crippen LogP contribution in [0.25, 0.3) is 0 Å². The molecule has 0 bridgehead atoms. The van der Waals surface area contributed by atoms with Crippen molar-refractivity contribution in [1.29, 1.82) is 0 Å². The molecule has 1 fully saturated rings. The minimum Gasteiger partial charge on any atom is -0.463 e. The Morgan fingerprint density at radius 1 is 1.28 bits per heavy atom. The van der Waals surface area contributed by atoms with Crippen LogP contribution >= 0.6 is 0 Å². The molecule has 1 aliphatic rings. The molecule has 2 atom stereocenters. The number of esters is 1. The number of rotatable bonds is 4. The van der Waals surface area contributed by atoms with E-state index in [9.17, 15) is 4.79 Å². The van der Waals surface area contributed by atoms with E-state index >= 15 is 0 Å². The van der Waals surface area contributed by atoms with Crippen LogP contribution in [0.2, 0.25) is 0 Å². The van der Waals surface area contributed by atoms with Gasteiger partial charge in [-0.25, -0.2) is 0 Å². The predicted octanol–water partition coefficient (Wildman–Crippen LogP) is 3.56. The van der Waals surface area contributed by atoms with Crippen LogP contribution in [0.4, 0.5) is 0 Å². The van der Waals surface area contributed by atoms with E-state index in [4.69, 9.17) is 9.47 Å². The summed E-state index contributed by atoms with van der Waals surface area (Å²) in [4.78, 5) is 11.7. The number of hydrogen-bond acceptors (Lipinski definition) is 3. The standard InChI is InChI=1S/C15H28O3/c1-11(2)9-12-7-6-8-13(18-12)10-17-14(16)15(3,4)5/h11-13H,6-10H2,1-5H3/t12-,13-/m1/s1. The first-order valence-corrected chi connectivity index (χ1v) is 7.11. The molecule has 1 aliphatic heterocycles. The van der Waals surface area contributed by atoms with Gasteiger partial charge in [-0.3, -0.25) is 4.79 Å². The van der Waals surface area contributed by atoms with Gasteiger partial charge in [0.15, 0.2) is 0 Å². The van der Waals surface area contributed by atoms with Crippen molar-refractivity contribution in [2.45, 2.75) is 72.5 Å². The topological polar surface area (TPSA) is 35.5 Å². The monoisotopic (exact) mass is 256 g/mol. The normalized spacial score (nSPS) is 25.2. The van der Waals surface area contributed by atoms with Gasteiger partial charge in [-0.1, -0.05) is 13.8 Å². The van der Waals surface area contributed by atoms with Gasteiger partial charge in [0.25, 0.3) is 0 Å². The maximum absolute atomic E-state index is 11.7. The van der Waals surface area contributed by atoms with Crippen molar-refractivity contribution in [3.63, 3.8) is 0 Å². The van der Waals surface area contributed by atoms with Gasteiger partial charge in [0, 0.05) is 0 Å². The fourth-order valence-electron chi connectivity index (χ4n) is 2.19. The van der Waals surface area contributed by atoms with Crippen LogP contribution < -0.4 is 0 Å². The second-order valence-electron chi connectivity index (χ2n) is 6.79. The Labute approximate surface area is 111 Å². The summed E-state index contributed by atoms with van der Waals surface area (Å²) in [5, 5.41) is 0. The molecule has 1 rings (SSSR count). The van der Waals surface area contributed by atoms with Crippen LogP contribution in [0, 0.1) is 11.3 Å². The minimum atomic E-state index is -0.425. The molecule has 18 heavy (non-hydrogen) atoms. The van der Waals surface area contributed by atoms with E-state index in [1.807, 2.05) is 20.8 Å². The summed E-state index contributed by atoms with van der Waals surface area (Å²) in [6.45, 7) is 10.5. The summed E-state index contributed by atoms with van der Waals surface area (Å²) in [6.07, 6.45) is 4.86. The Hall–Kier alpha value is -0.570. The molecule has 0 saturated carbocycles. The molecule has 0 aromatic rings. The maximum atomic E-state index is 11.7. The average Bonchev–Trinajstić information content (AvgIpc) is 2.24. The molecule has 3 nitrogen and oxygen atoms in total. The Bertz CT molecular complexity index is 265. The van der Waals surface area contributed by atoms with Crippen molar-refractivity contribution >= 4 is 5.97 Å². The highest BCUT2D eigenvalue weighted by Gasteiger charge is 2.27. The zero-order valence-electron chi connectivity index (χ0n) is 12.5. The number of hydrogen-bond donors (Lipinski definition) is 0. The molecule has 0 aromatic heterocycles. The summed E-state index contributed by atoms with van der Waals surface area (Å²) in [5.41, 5.74) is -0.425. The molecule has 0 aromatic carbocycles. The van der Waals surface area contributed by atoms with E-state index in [1.165, 1.54) is 6.42 Å². The van der Waals surface area contributed by atoms with Gasteiger partial charge in [-0.05, 0) is 52.4 Å². The van der Waals surface area contributed by atoms with Crippen LogP contribution in [-0.4, -0.2) is 24.8 Å². The lowest BCUT2D eigenvalue weighted by molar-refractivity contribution is -0.161. The van der Waals surface area contributed by atoms with Crippen LogP contribution in [0.5, 0.6) is 0 Å². The zero-order chi connectivity index (χ0) is 13.8. The molecule has 1 saturated heterocycles. The predicted molar refractivity (Wildman–Crippen MR) is 72.4 cm³/mol. The molecule has 3 heteroatoms. The van der Waals surface area contributed by atoms with Crippen molar-refractivity contribution in [2.75, 3.05) is 6.61 Å². The Morgan fingerprint density at radius 3 is 2.44 bits per heavy atom. The zero-order valence-corrected chi connectivity index (χ0v) is 12.5. The van der Waals surface area contributed by atoms with Crippen molar-refractivity contribution in [2.24, 2.45) is 11.3 Å². The molecule has 0 unspecified atom stereocenters. The third kappa shape index (κ3) is 5.38. The van der Waals surface area contributed by atoms with Gasteiger partial charge < -0.3 is 9.47 Å². The van der Waals surface area contributed by atoms with E-state index in [1.54, 1.807) is 0 Å². The third-order valence-corrected chi connectivity index (χ3v) is 3.18. The fraction of sp³-hybridized carbons (Fsp3) is 0.933. The van der Waals surface area contributed by atoms with Crippen LogP contribution in [0.3, 0.4) is 0 Å². The summed E-state index contributed by atoms with van der Waals surface area (Å²) in [5.74, 6) is 0.517. The fourth-order valence-corrected chi connectivity index (χ4v) is 2.19. The van der Waals surface area contributed by atoms with Gasteiger partial charge in [-0.2, -0.15) is 0 Å². The molecule has 0 spiro atoms. The summed E-state index contributed by atoms with van der Waals surface area (Å²) in [7, 11) is 0. The van der Waals surface area contributed by atoms with Gasteiger partial charge in [0.2, 0.25) is 0 Å². The van der Waals surface area contributed by atoms with E-state index in [2.05, 4.69) is 13.8 Å². The van der Waals surface area contributed by atoms with Gasteiger partial charge in [-0.15, -0.1) is 0 Å². The van der Waals surface area contributed by atoms with Crippen LogP contribution in [0.15, 0.2) is 0 Å². The maximum Gasteiger partial charge on any atom is 0.311 e. The lowest BCUT2D eigenvalue weighted by Crippen LogP contribution is -2.34. The van der Waals surface area contributed by atoms with Crippen molar-refractivity contribution in [3.8, 4) is 0 Å². The number of ether oxygens (including phenoxy) is 2. The molecule has 0 amide bonds. The molecule has 0 N–H and O–H groups in total. The Morgan fingerprint density at radius 2 is 1.89 bits per heavy atom. The average molecular weight is 256 g/mol. The highest BCUT2D eigenvalue weighted by atomic mass is 16.6. The summed E-state index contributed by atoms with van der Waals surface area (Å²) < 4.78 is 11.3. The summed E-state index contributed by atoms with van der Waals surface area (Å²) in [6, 6.07) is 0. The van der Waals surface area contributed by atoms with Gasteiger partial charge in [0.05, 0.1) is 17.6 Å². The second kappa shape index (κ2) is 6.55. The molecular weight excluding hydrogens is 228 g/mol. The van der Waals surface area contributed by atoms with Crippen molar-refractivity contribution in [3.05, 3.63) is 0 Å². The minimum absolute atomic E-state index is 0.0915. The first kappa shape index (κ1) is 15.5. The number of carbonyl (C=O) groups is 1. The van der Waals surface area contributed by atoms with E-state index < -0.39 is 5.41 Å². The lowest BCUT2D eigenvalue weighted by Gasteiger charge is -2.31.